The molecule has 0 spiro atoms. The van der Waals surface area contributed by atoms with Gasteiger partial charge in [-0.15, -0.1) is 3.89 Å². The van der Waals surface area contributed by atoms with Gasteiger partial charge in [0, 0.05) is 0 Å². The van der Waals surface area contributed by atoms with Crippen LogP contribution in [0.15, 0.2) is 24.3 Å². The van der Waals surface area contributed by atoms with Crippen LogP contribution in [-0.4, -0.2) is 21.5 Å². The van der Waals surface area contributed by atoms with E-state index in [2.05, 4.69) is 4.74 Å². The summed E-state index contributed by atoms with van der Waals surface area (Å²) in [5.74, 6) is -1.21. The Balaban J connectivity index is 2.86. The zero-order valence-corrected chi connectivity index (χ0v) is 8.75. The molecule has 6 heteroatoms. The summed E-state index contributed by atoms with van der Waals surface area (Å²) in [5.41, 5.74) is 0.572. The third kappa shape index (κ3) is 3.67. The lowest BCUT2D eigenvalue weighted by Gasteiger charge is -2.00. The van der Waals surface area contributed by atoms with E-state index in [0.717, 1.165) is 0 Å². The molecule has 4 nitrogen and oxygen atoms in total. The van der Waals surface area contributed by atoms with Crippen LogP contribution in [0.4, 0.5) is 3.89 Å². The largest absolute Gasteiger partial charge is 0.465 e. The Morgan fingerprint density at radius 2 is 1.87 bits per heavy atom. The molecular weight excluding hydrogens is 223 g/mol. The predicted molar refractivity (Wildman–Crippen MR) is 51.5 cm³/mol. The molecule has 1 aromatic carbocycles. The maximum atomic E-state index is 12.3. The second-order valence-corrected chi connectivity index (χ2v) is 4.24. The van der Waals surface area contributed by atoms with E-state index in [0.29, 0.717) is 0 Å². The number of carbonyl (C=O) groups excluding carboxylic acids is 1. The molecule has 82 valence electrons. The molecule has 0 aromatic heterocycles. The highest BCUT2D eigenvalue weighted by atomic mass is 32.3. The number of carbonyl (C=O) groups is 1. The third-order valence-electron chi connectivity index (χ3n) is 1.71. The molecule has 0 aliphatic heterocycles. The Kier molecular flexibility index (Phi) is 3.41. The molecule has 0 N–H and O–H groups in total. The van der Waals surface area contributed by atoms with Gasteiger partial charge in [-0.05, 0) is 17.7 Å². The summed E-state index contributed by atoms with van der Waals surface area (Å²) in [6, 6.07) is 5.49. The van der Waals surface area contributed by atoms with Gasteiger partial charge in [0.05, 0.1) is 12.7 Å². The normalized spacial score (nSPS) is 11.1. The van der Waals surface area contributed by atoms with Crippen LogP contribution < -0.4 is 0 Å². The fraction of sp³-hybridized carbons (Fsp3) is 0.222. The number of esters is 1. The van der Waals surface area contributed by atoms with Gasteiger partial charge in [-0.2, -0.15) is 8.42 Å². The van der Waals surface area contributed by atoms with Crippen LogP contribution in [0, 0.1) is 0 Å². The van der Waals surface area contributed by atoms with Gasteiger partial charge in [-0.3, -0.25) is 0 Å². The summed E-state index contributed by atoms with van der Waals surface area (Å²) in [4.78, 5) is 11.0. The number of rotatable bonds is 3. The van der Waals surface area contributed by atoms with Crippen LogP contribution in [0.5, 0.6) is 0 Å². The monoisotopic (exact) mass is 232 g/mol. The lowest BCUT2D eigenvalue weighted by Crippen LogP contribution is -2.02. The third-order valence-corrected chi connectivity index (χ3v) is 2.39. The molecule has 0 saturated heterocycles. The highest BCUT2D eigenvalue weighted by Crippen LogP contribution is 2.10. The lowest BCUT2D eigenvalue weighted by atomic mass is 10.1. The zero-order chi connectivity index (χ0) is 11.5. The van der Waals surface area contributed by atoms with Crippen LogP contribution in [0.3, 0.4) is 0 Å². The first kappa shape index (κ1) is 11.6. The van der Waals surface area contributed by atoms with Gasteiger partial charge in [-0.25, -0.2) is 4.79 Å². The SMILES string of the molecule is COC(=O)c1ccc(CS(=O)(=O)F)cc1. The summed E-state index contributed by atoms with van der Waals surface area (Å²) < 4.78 is 37.4. The van der Waals surface area contributed by atoms with Gasteiger partial charge in [0.1, 0.15) is 5.75 Å². The number of hydrogen-bond donors (Lipinski definition) is 0. The van der Waals surface area contributed by atoms with Crippen LogP contribution in [-0.2, 0) is 20.7 Å². The Labute approximate surface area is 86.9 Å². The lowest BCUT2D eigenvalue weighted by molar-refractivity contribution is 0.0600. The van der Waals surface area contributed by atoms with Crippen molar-refractivity contribution in [1.29, 1.82) is 0 Å². The van der Waals surface area contributed by atoms with Gasteiger partial charge in [0.15, 0.2) is 0 Å². The molecule has 0 atom stereocenters. The molecule has 0 aliphatic carbocycles. The van der Waals surface area contributed by atoms with Crippen LogP contribution in [0.2, 0.25) is 0 Å². The zero-order valence-electron chi connectivity index (χ0n) is 7.94. The predicted octanol–water partition coefficient (Wildman–Crippen LogP) is 1.27. The average Bonchev–Trinajstić information content (AvgIpc) is 2.15. The Bertz CT molecular complexity index is 450. The molecule has 15 heavy (non-hydrogen) atoms. The molecule has 0 unspecified atom stereocenters. The minimum atomic E-state index is -4.53. The van der Waals surface area contributed by atoms with Crippen molar-refractivity contribution < 1.29 is 21.8 Å². The molecule has 0 amide bonds. The maximum absolute atomic E-state index is 12.3. The summed E-state index contributed by atoms with van der Waals surface area (Å²) in [6.07, 6.45) is 0. The Morgan fingerprint density at radius 3 is 2.27 bits per heavy atom. The molecule has 0 radical (unpaired) electrons. The number of benzene rings is 1. The van der Waals surface area contributed by atoms with Gasteiger partial charge < -0.3 is 4.74 Å². The molecule has 1 rings (SSSR count). The molecular formula is C9H9FO4S. The highest BCUT2D eigenvalue weighted by Gasteiger charge is 2.10. The second-order valence-electron chi connectivity index (χ2n) is 2.87. The van der Waals surface area contributed by atoms with Crippen molar-refractivity contribution in [2.24, 2.45) is 0 Å². The summed E-state index contributed by atoms with van der Waals surface area (Å²) in [7, 11) is -3.29. The van der Waals surface area contributed by atoms with E-state index in [1.165, 1.54) is 31.4 Å². The van der Waals surface area contributed by atoms with E-state index < -0.39 is 21.9 Å². The van der Waals surface area contributed by atoms with Crippen LogP contribution >= 0.6 is 0 Å². The van der Waals surface area contributed by atoms with E-state index >= 15 is 0 Å². The smallest absolute Gasteiger partial charge is 0.337 e. The van der Waals surface area contributed by atoms with Crippen LogP contribution in [0.1, 0.15) is 15.9 Å². The van der Waals surface area contributed by atoms with E-state index in [-0.39, 0.29) is 11.1 Å². The van der Waals surface area contributed by atoms with Crippen molar-refractivity contribution in [2.75, 3.05) is 7.11 Å². The average molecular weight is 232 g/mol. The summed E-state index contributed by atoms with van der Waals surface area (Å²) in [5, 5.41) is 0. The topological polar surface area (TPSA) is 60.4 Å². The van der Waals surface area contributed by atoms with Crippen molar-refractivity contribution in [1.82, 2.24) is 0 Å². The van der Waals surface area contributed by atoms with E-state index in [4.69, 9.17) is 0 Å². The van der Waals surface area contributed by atoms with Crippen molar-refractivity contribution in [2.45, 2.75) is 5.75 Å². The molecule has 0 heterocycles. The van der Waals surface area contributed by atoms with Gasteiger partial charge in [-0.1, -0.05) is 12.1 Å². The minimum Gasteiger partial charge on any atom is -0.465 e. The van der Waals surface area contributed by atoms with E-state index in [9.17, 15) is 17.1 Å². The fourth-order valence-electron chi connectivity index (χ4n) is 1.05. The second kappa shape index (κ2) is 4.39. The van der Waals surface area contributed by atoms with E-state index in [1.54, 1.807) is 0 Å². The van der Waals surface area contributed by atoms with Crippen molar-refractivity contribution in [3.05, 3.63) is 35.4 Å². The van der Waals surface area contributed by atoms with Gasteiger partial charge in [0.25, 0.3) is 0 Å². The molecule has 0 aliphatic rings. The van der Waals surface area contributed by atoms with Gasteiger partial charge >= 0.3 is 16.2 Å². The highest BCUT2D eigenvalue weighted by molar-refractivity contribution is 7.85. The van der Waals surface area contributed by atoms with Crippen LogP contribution in [0.25, 0.3) is 0 Å². The molecule has 0 fully saturated rings. The fourth-order valence-corrected chi connectivity index (χ4v) is 1.64. The first-order chi connectivity index (χ1) is 6.92. The van der Waals surface area contributed by atoms with Crippen molar-refractivity contribution in [3.63, 3.8) is 0 Å². The van der Waals surface area contributed by atoms with Gasteiger partial charge in [0.2, 0.25) is 0 Å². The summed E-state index contributed by atoms with van der Waals surface area (Å²) in [6.45, 7) is 0. The summed E-state index contributed by atoms with van der Waals surface area (Å²) >= 11 is 0. The Hall–Kier alpha value is -1.43. The molecule has 0 bridgehead atoms. The van der Waals surface area contributed by atoms with E-state index in [1.807, 2.05) is 0 Å². The quantitative estimate of drug-likeness (QED) is 0.581. The van der Waals surface area contributed by atoms with Crippen molar-refractivity contribution in [3.8, 4) is 0 Å². The minimum absolute atomic E-state index is 0.283. The molecule has 1 aromatic rings. The first-order valence-electron chi connectivity index (χ1n) is 4.02. The first-order valence-corrected chi connectivity index (χ1v) is 5.57. The van der Waals surface area contributed by atoms with Crippen molar-refractivity contribution >= 4 is 16.2 Å². The number of halogens is 1. The number of methoxy groups -OCH3 is 1. The molecule has 0 saturated carbocycles. The number of ether oxygens (including phenoxy) is 1. The Morgan fingerprint density at radius 1 is 1.33 bits per heavy atom. The standard InChI is InChI=1S/C9H9FO4S/c1-14-9(11)8-4-2-7(3-5-8)6-15(10,12)13/h2-5H,6H2,1H3. The number of hydrogen-bond acceptors (Lipinski definition) is 4. The maximum Gasteiger partial charge on any atom is 0.337 e.